The van der Waals surface area contributed by atoms with Gasteiger partial charge in [-0.25, -0.2) is 8.42 Å². The van der Waals surface area contributed by atoms with Gasteiger partial charge in [0.05, 0.1) is 17.0 Å². The van der Waals surface area contributed by atoms with Crippen molar-refractivity contribution < 1.29 is 18.3 Å². The Bertz CT molecular complexity index is 1260. The van der Waals surface area contributed by atoms with Crippen LogP contribution in [0.4, 0.5) is 0 Å². The minimum Gasteiger partial charge on any atom is -0.391 e. The van der Waals surface area contributed by atoms with E-state index < -0.39 is 28.1 Å². The van der Waals surface area contributed by atoms with Gasteiger partial charge in [0, 0.05) is 36.3 Å². The van der Waals surface area contributed by atoms with E-state index in [-0.39, 0.29) is 29.8 Å². The quantitative estimate of drug-likeness (QED) is 0.471. The molecule has 2 N–H and O–H groups in total. The topological polar surface area (TPSA) is 86.7 Å². The van der Waals surface area contributed by atoms with Gasteiger partial charge in [0.2, 0.25) is 15.9 Å². The number of aliphatic hydroxyl groups excluding tert-OH is 1. The minimum atomic E-state index is -3.85. The summed E-state index contributed by atoms with van der Waals surface area (Å²) in [6.07, 6.45) is -0.963. The highest BCUT2D eigenvalue weighted by molar-refractivity contribution is 9.10. The van der Waals surface area contributed by atoms with Gasteiger partial charge in [-0.05, 0) is 42.3 Å². The first-order valence-electron chi connectivity index (χ1n) is 11.5. The molecule has 0 bridgehead atoms. The second-order valence-corrected chi connectivity index (χ2v) is 11.9. The number of benzene rings is 3. The highest BCUT2D eigenvalue weighted by Gasteiger charge is 2.45. The van der Waals surface area contributed by atoms with Crippen molar-refractivity contribution in [2.75, 3.05) is 13.1 Å². The lowest BCUT2D eigenvalue weighted by molar-refractivity contribution is -0.120. The summed E-state index contributed by atoms with van der Waals surface area (Å²) in [6.45, 7) is 3.46. The molecule has 1 saturated heterocycles. The molecule has 8 heteroatoms. The molecule has 0 saturated carbocycles. The molecule has 6 nitrogen and oxygen atoms in total. The van der Waals surface area contributed by atoms with Crippen LogP contribution in [0, 0.1) is 12.8 Å². The van der Waals surface area contributed by atoms with Gasteiger partial charge in [0.25, 0.3) is 0 Å². The number of sulfonamides is 1. The van der Waals surface area contributed by atoms with E-state index in [1.165, 1.54) is 11.2 Å². The molecule has 184 valence electrons. The van der Waals surface area contributed by atoms with Crippen LogP contribution in [0.1, 0.15) is 35.6 Å². The molecule has 4 atom stereocenters. The second-order valence-electron chi connectivity index (χ2n) is 9.03. The van der Waals surface area contributed by atoms with Gasteiger partial charge in [0.1, 0.15) is 0 Å². The van der Waals surface area contributed by atoms with Crippen LogP contribution in [-0.2, 0) is 14.8 Å². The first-order chi connectivity index (χ1) is 16.7. The Morgan fingerprint density at radius 3 is 2.23 bits per heavy atom. The van der Waals surface area contributed by atoms with Crippen molar-refractivity contribution in [1.29, 1.82) is 0 Å². The molecule has 3 aromatic rings. The van der Waals surface area contributed by atoms with E-state index in [9.17, 15) is 18.3 Å². The van der Waals surface area contributed by atoms with Crippen LogP contribution in [0.25, 0.3) is 0 Å². The first-order valence-corrected chi connectivity index (χ1v) is 13.7. The first kappa shape index (κ1) is 25.6. The highest BCUT2D eigenvalue weighted by Crippen LogP contribution is 2.42. The third kappa shape index (κ3) is 5.67. The van der Waals surface area contributed by atoms with Crippen LogP contribution in [0.15, 0.2) is 88.2 Å². The molecule has 1 fully saturated rings. The van der Waals surface area contributed by atoms with E-state index >= 15 is 0 Å². The van der Waals surface area contributed by atoms with Gasteiger partial charge in [-0.2, -0.15) is 4.31 Å². The van der Waals surface area contributed by atoms with E-state index in [1.54, 1.807) is 24.3 Å². The number of halogens is 1. The number of hydrogen-bond acceptors (Lipinski definition) is 4. The monoisotopic (exact) mass is 556 g/mol. The van der Waals surface area contributed by atoms with E-state index in [0.29, 0.717) is 0 Å². The number of carbonyl (C=O) groups is 1. The Hall–Kier alpha value is -2.52. The second kappa shape index (κ2) is 10.6. The molecule has 1 unspecified atom stereocenters. The molecule has 4 rings (SSSR count). The molecule has 1 heterocycles. The van der Waals surface area contributed by atoms with Crippen LogP contribution in [0.2, 0.25) is 0 Å². The predicted molar refractivity (Wildman–Crippen MR) is 139 cm³/mol. The maximum absolute atomic E-state index is 13.6. The zero-order valence-corrected chi connectivity index (χ0v) is 22.0. The van der Waals surface area contributed by atoms with E-state index in [1.807, 2.05) is 61.5 Å². The number of aryl methyl sites for hydroxylation is 1. The van der Waals surface area contributed by atoms with Crippen LogP contribution in [0.3, 0.4) is 0 Å². The van der Waals surface area contributed by atoms with Crippen molar-refractivity contribution in [3.63, 3.8) is 0 Å². The number of carbonyl (C=O) groups excluding carboxylic acids is 1. The largest absolute Gasteiger partial charge is 0.391 e. The van der Waals surface area contributed by atoms with Gasteiger partial charge in [-0.3, -0.25) is 4.79 Å². The van der Waals surface area contributed by atoms with Gasteiger partial charge in [0.15, 0.2) is 0 Å². The summed E-state index contributed by atoms with van der Waals surface area (Å²) >= 11 is 3.46. The zero-order valence-electron chi connectivity index (χ0n) is 19.6. The Labute approximate surface area is 215 Å². The molecule has 35 heavy (non-hydrogen) atoms. The zero-order chi connectivity index (χ0) is 25.2. The fourth-order valence-corrected chi connectivity index (χ4v) is 6.63. The van der Waals surface area contributed by atoms with Crippen LogP contribution in [-0.4, -0.2) is 42.9 Å². The SMILES string of the molecule is CC(=O)N[C@H](c1ccccc1)C1CN(S(=O)(=O)c2ccc(C)cc2)C[C@H](O)[C@H]1c1ccc(Br)cc1. The lowest BCUT2D eigenvalue weighted by Crippen LogP contribution is -2.53. The molecular formula is C27H29BrN2O4S. The highest BCUT2D eigenvalue weighted by atomic mass is 79.9. The van der Waals surface area contributed by atoms with Gasteiger partial charge < -0.3 is 10.4 Å². The number of aliphatic hydroxyl groups is 1. The number of amides is 1. The maximum atomic E-state index is 13.6. The molecule has 1 aliphatic rings. The smallest absolute Gasteiger partial charge is 0.243 e. The lowest BCUT2D eigenvalue weighted by Gasteiger charge is -2.44. The van der Waals surface area contributed by atoms with Crippen molar-refractivity contribution in [1.82, 2.24) is 9.62 Å². The summed E-state index contributed by atoms with van der Waals surface area (Å²) in [4.78, 5) is 12.4. The number of β-amino-alcohol motifs (C(OH)–C–C–N with tert-alkyl or cyclic N) is 1. The fraction of sp³-hybridized carbons (Fsp3) is 0.296. The Kier molecular flexibility index (Phi) is 7.76. The summed E-state index contributed by atoms with van der Waals surface area (Å²) in [5.74, 6) is -1.02. The van der Waals surface area contributed by atoms with Gasteiger partial charge in [-0.15, -0.1) is 0 Å². The Morgan fingerprint density at radius 1 is 1.00 bits per heavy atom. The summed E-state index contributed by atoms with van der Waals surface area (Å²) in [6, 6.07) is 23.4. The average molecular weight is 558 g/mol. The lowest BCUT2D eigenvalue weighted by atomic mass is 9.74. The molecule has 0 radical (unpaired) electrons. The average Bonchev–Trinajstić information content (AvgIpc) is 2.83. The van der Waals surface area contributed by atoms with Crippen LogP contribution >= 0.6 is 15.9 Å². The van der Waals surface area contributed by atoms with E-state index in [0.717, 1.165) is 21.2 Å². The Morgan fingerprint density at radius 2 is 1.63 bits per heavy atom. The molecule has 0 aromatic heterocycles. The van der Waals surface area contributed by atoms with E-state index in [4.69, 9.17) is 0 Å². The number of nitrogens with one attached hydrogen (secondary N) is 1. The Balaban J connectivity index is 1.79. The third-order valence-corrected chi connectivity index (χ3v) is 8.91. The molecule has 0 aliphatic carbocycles. The van der Waals surface area contributed by atoms with Crippen molar-refractivity contribution >= 4 is 31.9 Å². The number of rotatable bonds is 6. The molecule has 3 aromatic carbocycles. The van der Waals surface area contributed by atoms with Gasteiger partial charge in [-0.1, -0.05) is 76.1 Å². The van der Waals surface area contributed by atoms with Crippen LogP contribution in [0.5, 0.6) is 0 Å². The summed E-state index contributed by atoms with van der Waals surface area (Å²) in [7, 11) is -3.85. The fourth-order valence-electron chi connectivity index (χ4n) is 4.87. The molecule has 0 spiro atoms. The predicted octanol–water partition coefficient (Wildman–Crippen LogP) is 4.40. The van der Waals surface area contributed by atoms with E-state index in [2.05, 4.69) is 21.2 Å². The van der Waals surface area contributed by atoms with Crippen molar-refractivity contribution in [3.8, 4) is 0 Å². The van der Waals surface area contributed by atoms with Crippen molar-refractivity contribution in [3.05, 3.63) is 100 Å². The third-order valence-electron chi connectivity index (χ3n) is 6.54. The standard InChI is InChI=1S/C27H29BrN2O4S/c1-18-8-14-23(15-9-18)35(33,34)30-16-24(27(29-19(2)31)21-6-4-3-5-7-21)26(25(32)17-30)20-10-12-22(28)13-11-20/h3-15,24-27,32H,16-17H2,1-2H3,(H,29,31)/t24?,25-,26-,27+/m0/s1. The summed E-state index contributed by atoms with van der Waals surface area (Å²) < 4.78 is 29.4. The normalized spacial score (nSPS) is 21.9. The minimum absolute atomic E-state index is 0.0327. The molecule has 1 amide bonds. The van der Waals surface area contributed by atoms with Crippen molar-refractivity contribution in [2.24, 2.45) is 5.92 Å². The maximum Gasteiger partial charge on any atom is 0.243 e. The summed E-state index contributed by atoms with van der Waals surface area (Å²) in [5, 5.41) is 14.4. The number of piperidine rings is 1. The number of nitrogens with zero attached hydrogens (tertiary/aromatic N) is 1. The summed E-state index contributed by atoms with van der Waals surface area (Å²) in [5.41, 5.74) is 2.71. The van der Waals surface area contributed by atoms with Crippen LogP contribution < -0.4 is 5.32 Å². The number of hydrogen-bond donors (Lipinski definition) is 2. The van der Waals surface area contributed by atoms with Gasteiger partial charge >= 0.3 is 0 Å². The molecular weight excluding hydrogens is 528 g/mol. The van der Waals surface area contributed by atoms with Crippen molar-refractivity contribution in [2.45, 2.75) is 36.8 Å². The molecule has 1 aliphatic heterocycles.